The summed E-state index contributed by atoms with van der Waals surface area (Å²) in [5.74, 6) is -0.158. The minimum absolute atomic E-state index is 0.0878. The molecule has 0 saturated carbocycles. The molecule has 0 fully saturated rings. The van der Waals surface area contributed by atoms with E-state index in [0.29, 0.717) is 12.1 Å². The second-order valence-electron chi connectivity index (χ2n) is 6.97. The molecular weight excluding hydrogens is 314 g/mol. The van der Waals surface area contributed by atoms with Crippen molar-refractivity contribution in [1.82, 2.24) is 0 Å². The number of carbonyl (C=O) groups excluding carboxylic acids is 2. The van der Waals surface area contributed by atoms with Crippen molar-refractivity contribution in [2.24, 2.45) is 5.73 Å². The molecule has 0 saturated heterocycles. The summed E-state index contributed by atoms with van der Waals surface area (Å²) in [7, 11) is 0. The van der Waals surface area contributed by atoms with Gasteiger partial charge in [0.1, 0.15) is 0 Å². The fraction of sp³-hybridized carbons (Fsp3) is 0.300. The van der Waals surface area contributed by atoms with Crippen LogP contribution in [0.15, 0.2) is 48.5 Å². The molecule has 2 aromatic rings. The molecular formula is C20H23N3O2. The van der Waals surface area contributed by atoms with Gasteiger partial charge in [0.15, 0.2) is 0 Å². The Labute approximate surface area is 147 Å². The van der Waals surface area contributed by atoms with E-state index in [0.717, 1.165) is 24.2 Å². The maximum absolute atomic E-state index is 12.6. The standard InChI is InChI=1S/C20H23N3O2/c1-20(2,21)19(25)22-16-9-7-14(8-10-16)13-18(24)23-12-11-15-5-3-4-6-17(15)23/h3-10H,11-13,21H2,1-2H3,(H,22,25). The van der Waals surface area contributed by atoms with Crippen molar-refractivity contribution in [2.75, 3.05) is 16.8 Å². The SMILES string of the molecule is CC(C)(N)C(=O)Nc1ccc(CC(=O)N2CCc3ccccc32)cc1. The number of hydrogen-bond acceptors (Lipinski definition) is 3. The van der Waals surface area contributed by atoms with E-state index >= 15 is 0 Å². The third kappa shape index (κ3) is 3.88. The molecule has 0 bridgehead atoms. The van der Waals surface area contributed by atoms with Gasteiger partial charge in [-0.05, 0) is 49.6 Å². The van der Waals surface area contributed by atoms with E-state index in [-0.39, 0.29) is 11.8 Å². The van der Waals surface area contributed by atoms with E-state index in [9.17, 15) is 9.59 Å². The lowest BCUT2D eigenvalue weighted by Crippen LogP contribution is -2.45. The van der Waals surface area contributed by atoms with Crippen LogP contribution in [0.4, 0.5) is 11.4 Å². The summed E-state index contributed by atoms with van der Waals surface area (Å²) in [5.41, 5.74) is 8.66. The lowest BCUT2D eigenvalue weighted by Gasteiger charge is -2.18. The van der Waals surface area contributed by atoms with E-state index in [4.69, 9.17) is 5.73 Å². The molecule has 0 aliphatic carbocycles. The monoisotopic (exact) mass is 337 g/mol. The zero-order valence-electron chi connectivity index (χ0n) is 14.6. The molecule has 2 aromatic carbocycles. The molecule has 0 spiro atoms. The largest absolute Gasteiger partial charge is 0.325 e. The summed E-state index contributed by atoms with van der Waals surface area (Å²) in [6, 6.07) is 15.3. The summed E-state index contributed by atoms with van der Waals surface area (Å²) < 4.78 is 0. The molecule has 0 aromatic heterocycles. The fourth-order valence-corrected chi connectivity index (χ4v) is 2.87. The number of nitrogens with one attached hydrogen (secondary N) is 1. The molecule has 5 heteroatoms. The first-order chi connectivity index (χ1) is 11.8. The average Bonchev–Trinajstić information content (AvgIpc) is 3.00. The molecule has 0 atom stereocenters. The number of fused-ring (bicyclic) bond motifs is 1. The molecule has 1 aliphatic heterocycles. The molecule has 25 heavy (non-hydrogen) atoms. The van der Waals surface area contributed by atoms with Crippen molar-refractivity contribution in [3.05, 3.63) is 59.7 Å². The van der Waals surface area contributed by atoms with Crippen LogP contribution < -0.4 is 16.0 Å². The first-order valence-electron chi connectivity index (χ1n) is 8.42. The maximum atomic E-state index is 12.6. The molecule has 0 unspecified atom stereocenters. The molecule has 1 aliphatic rings. The Kier molecular flexibility index (Phi) is 4.59. The van der Waals surface area contributed by atoms with Crippen molar-refractivity contribution in [3.8, 4) is 0 Å². The Morgan fingerprint density at radius 2 is 1.80 bits per heavy atom. The molecule has 0 radical (unpaired) electrons. The minimum Gasteiger partial charge on any atom is -0.325 e. The van der Waals surface area contributed by atoms with E-state index < -0.39 is 5.54 Å². The van der Waals surface area contributed by atoms with Crippen LogP contribution in [0.3, 0.4) is 0 Å². The summed E-state index contributed by atoms with van der Waals surface area (Å²) >= 11 is 0. The van der Waals surface area contributed by atoms with Crippen LogP contribution >= 0.6 is 0 Å². The van der Waals surface area contributed by atoms with Gasteiger partial charge in [-0.2, -0.15) is 0 Å². The quantitative estimate of drug-likeness (QED) is 0.900. The second-order valence-corrected chi connectivity index (χ2v) is 6.97. The highest BCUT2D eigenvalue weighted by atomic mass is 16.2. The van der Waals surface area contributed by atoms with Crippen LogP contribution in [-0.2, 0) is 22.4 Å². The van der Waals surface area contributed by atoms with E-state index in [1.54, 1.807) is 26.0 Å². The van der Waals surface area contributed by atoms with Gasteiger partial charge in [0.05, 0.1) is 12.0 Å². The number of hydrogen-bond donors (Lipinski definition) is 2. The van der Waals surface area contributed by atoms with Gasteiger partial charge >= 0.3 is 0 Å². The molecule has 2 amide bonds. The molecule has 130 valence electrons. The third-order valence-corrected chi connectivity index (χ3v) is 4.34. The first-order valence-corrected chi connectivity index (χ1v) is 8.42. The van der Waals surface area contributed by atoms with Gasteiger partial charge < -0.3 is 16.0 Å². The number of amides is 2. The number of anilines is 2. The molecule has 3 N–H and O–H groups in total. The van der Waals surface area contributed by atoms with Crippen molar-refractivity contribution >= 4 is 23.2 Å². The summed E-state index contributed by atoms with van der Waals surface area (Å²) in [6.07, 6.45) is 1.24. The lowest BCUT2D eigenvalue weighted by molar-refractivity contribution is -0.120. The number of nitrogens with zero attached hydrogens (tertiary/aromatic N) is 1. The summed E-state index contributed by atoms with van der Waals surface area (Å²) in [5, 5.41) is 2.77. The van der Waals surface area contributed by atoms with Crippen molar-refractivity contribution in [3.63, 3.8) is 0 Å². The first kappa shape index (κ1) is 17.2. The highest BCUT2D eigenvalue weighted by molar-refractivity contribution is 5.98. The Bertz CT molecular complexity index is 791. The topological polar surface area (TPSA) is 75.4 Å². The van der Waals surface area contributed by atoms with Crippen LogP contribution in [0.25, 0.3) is 0 Å². The predicted octanol–water partition coefficient (Wildman–Crippen LogP) is 2.49. The summed E-state index contributed by atoms with van der Waals surface area (Å²) in [4.78, 5) is 26.4. The predicted molar refractivity (Wildman–Crippen MR) is 99.5 cm³/mol. The molecule has 5 nitrogen and oxygen atoms in total. The smallest absolute Gasteiger partial charge is 0.243 e. The number of benzene rings is 2. The van der Waals surface area contributed by atoms with E-state index in [1.165, 1.54) is 5.56 Å². The molecule has 3 rings (SSSR count). The van der Waals surface area contributed by atoms with Gasteiger partial charge in [0, 0.05) is 17.9 Å². The van der Waals surface area contributed by atoms with Crippen LogP contribution in [-0.4, -0.2) is 23.9 Å². The number of nitrogens with two attached hydrogens (primary N) is 1. The minimum atomic E-state index is -0.933. The summed E-state index contributed by atoms with van der Waals surface area (Å²) in [6.45, 7) is 4.05. The van der Waals surface area contributed by atoms with E-state index in [2.05, 4.69) is 11.4 Å². The van der Waals surface area contributed by atoms with Gasteiger partial charge in [-0.25, -0.2) is 0 Å². The van der Waals surface area contributed by atoms with Crippen molar-refractivity contribution < 1.29 is 9.59 Å². The van der Waals surface area contributed by atoms with E-state index in [1.807, 2.05) is 35.2 Å². The lowest BCUT2D eigenvalue weighted by atomic mass is 10.1. The Balaban J connectivity index is 1.64. The highest BCUT2D eigenvalue weighted by Crippen LogP contribution is 2.28. The fourth-order valence-electron chi connectivity index (χ4n) is 2.87. The normalized spacial score (nSPS) is 13.5. The average molecular weight is 337 g/mol. The van der Waals surface area contributed by atoms with Crippen LogP contribution in [0.1, 0.15) is 25.0 Å². The Hall–Kier alpha value is -2.66. The van der Waals surface area contributed by atoms with Crippen LogP contribution in [0, 0.1) is 0 Å². The third-order valence-electron chi connectivity index (χ3n) is 4.34. The van der Waals surface area contributed by atoms with Crippen molar-refractivity contribution in [2.45, 2.75) is 32.2 Å². The maximum Gasteiger partial charge on any atom is 0.243 e. The van der Waals surface area contributed by atoms with Crippen molar-refractivity contribution in [1.29, 1.82) is 0 Å². The zero-order valence-corrected chi connectivity index (χ0v) is 14.6. The number of carbonyl (C=O) groups is 2. The van der Waals surface area contributed by atoms with Crippen LogP contribution in [0.2, 0.25) is 0 Å². The van der Waals surface area contributed by atoms with Gasteiger partial charge in [-0.15, -0.1) is 0 Å². The van der Waals surface area contributed by atoms with Gasteiger partial charge in [-0.1, -0.05) is 30.3 Å². The van der Waals surface area contributed by atoms with Crippen LogP contribution in [0.5, 0.6) is 0 Å². The second kappa shape index (κ2) is 6.69. The Morgan fingerprint density at radius 3 is 2.48 bits per heavy atom. The highest BCUT2D eigenvalue weighted by Gasteiger charge is 2.24. The Morgan fingerprint density at radius 1 is 1.12 bits per heavy atom. The number of rotatable bonds is 4. The van der Waals surface area contributed by atoms with Gasteiger partial charge in [-0.3, -0.25) is 9.59 Å². The zero-order chi connectivity index (χ0) is 18.0. The molecule has 1 heterocycles. The van der Waals surface area contributed by atoms with Gasteiger partial charge in [0.2, 0.25) is 11.8 Å². The number of para-hydroxylation sites is 1. The van der Waals surface area contributed by atoms with Gasteiger partial charge in [0.25, 0.3) is 0 Å².